The minimum atomic E-state index is -1.49. The van der Waals surface area contributed by atoms with Crippen LogP contribution in [0.1, 0.15) is 19.4 Å². The second kappa shape index (κ2) is 7.65. The number of hydrogen-bond acceptors (Lipinski definition) is 6. The van der Waals surface area contributed by atoms with Crippen LogP contribution in [-0.4, -0.2) is 47.5 Å². The van der Waals surface area contributed by atoms with Crippen molar-refractivity contribution in [2.75, 3.05) is 11.5 Å². The summed E-state index contributed by atoms with van der Waals surface area (Å²) >= 11 is 5.54. The first-order chi connectivity index (χ1) is 14.9. The van der Waals surface area contributed by atoms with Crippen LogP contribution in [0.15, 0.2) is 60.7 Å². The van der Waals surface area contributed by atoms with Gasteiger partial charge in [-0.25, -0.2) is 0 Å². The number of fused-ring (bicyclic) bond motifs is 1. The smallest absolute Gasteiger partial charge is 0.289 e. The van der Waals surface area contributed by atoms with Gasteiger partial charge in [0.25, 0.3) is 11.6 Å². The van der Waals surface area contributed by atoms with Crippen molar-refractivity contribution in [3.63, 3.8) is 0 Å². The first-order valence-electron chi connectivity index (χ1n) is 10.3. The van der Waals surface area contributed by atoms with E-state index >= 15 is 0 Å². The minimum absolute atomic E-state index is 0.184. The maximum Gasteiger partial charge on any atom is 0.289 e. The number of rotatable bonds is 4. The van der Waals surface area contributed by atoms with Crippen molar-refractivity contribution in [1.82, 2.24) is 5.32 Å². The van der Waals surface area contributed by atoms with Crippen molar-refractivity contribution in [2.24, 2.45) is 0 Å². The molecule has 3 saturated heterocycles. The fraction of sp³-hybridized carbons (Fsp3) is 0.391. The third-order valence-electron chi connectivity index (χ3n) is 5.70. The molecule has 162 valence electrons. The molecule has 0 unspecified atom stereocenters. The van der Waals surface area contributed by atoms with Crippen molar-refractivity contribution in [3.8, 4) is 0 Å². The van der Waals surface area contributed by atoms with Gasteiger partial charge < -0.3 is 24.3 Å². The lowest BCUT2D eigenvalue weighted by molar-refractivity contribution is -0.227. The van der Waals surface area contributed by atoms with Crippen molar-refractivity contribution >= 4 is 28.9 Å². The number of nitrogens with zero attached hydrogens (tertiary/aromatic N) is 1. The molecule has 31 heavy (non-hydrogen) atoms. The molecule has 8 heteroatoms. The molecule has 3 aliphatic rings. The van der Waals surface area contributed by atoms with Crippen molar-refractivity contribution in [2.45, 2.75) is 50.3 Å². The second-order valence-corrected chi connectivity index (χ2v) is 8.70. The Kier molecular flexibility index (Phi) is 5.07. The molecule has 4 atom stereocenters. The fourth-order valence-corrected chi connectivity index (χ4v) is 4.72. The van der Waals surface area contributed by atoms with Gasteiger partial charge in [-0.05, 0) is 43.8 Å². The van der Waals surface area contributed by atoms with Gasteiger partial charge in [-0.3, -0.25) is 9.69 Å². The van der Waals surface area contributed by atoms with Gasteiger partial charge in [0.05, 0.1) is 18.9 Å². The van der Waals surface area contributed by atoms with Gasteiger partial charge in [-0.2, -0.15) is 0 Å². The van der Waals surface area contributed by atoms with Crippen LogP contribution in [0.3, 0.4) is 0 Å². The molecule has 3 aliphatic heterocycles. The van der Waals surface area contributed by atoms with Crippen LogP contribution < -0.4 is 10.2 Å². The molecule has 0 radical (unpaired) electrons. The van der Waals surface area contributed by atoms with E-state index in [2.05, 4.69) is 5.32 Å². The van der Waals surface area contributed by atoms with Gasteiger partial charge >= 0.3 is 0 Å². The van der Waals surface area contributed by atoms with Gasteiger partial charge in [-0.15, -0.1) is 0 Å². The van der Waals surface area contributed by atoms with Gasteiger partial charge in [0, 0.05) is 0 Å². The molecule has 0 aromatic heterocycles. The van der Waals surface area contributed by atoms with Crippen LogP contribution >= 0.6 is 12.2 Å². The molecule has 0 aliphatic carbocycles. The monoisotopic (exact) mass is 440 g/mol. The Balaban J connectivity index is 1.49. The Labute approximate surface area is 186 Å². The molecular formula is C23H24N2O5S. The fourth-order valence-electron chi connectivity index (χ4n) is 4.38. The number of carbonyl (C=O) groups excluding carboxylic acids is 1. The zero-order chi connectivity index (χ0) is 21.6. The van der Waals surface area contributed by atoms with Crippen molar-refractivity contribution in [3.05, 3.63) is 66.2 Å². The highest BCUT2D eigenvalue weighted by molar-refractivity contribution is 7.80. The van der Waals surface area contributed by atoms with Crippen LogP contribution in [0.4, 0.5) is 5.69 Å². The average Bonchev–Trinajstić information content (AvgIpc) is 3.21. The first kappa shape index (κ1) is 20.5. The summed E-state index contributed by atoms with van der Waals surface area (Å²) in [7, 11) is 0. The topological polar surface area (TPSA) is 69.3 Å². The van der Waals surface area contributed by atoms with E-state index in [-0.39, 0.29) is 30.3 Å². The van der Waals surface area contributed by atoms with Crippen molar-refractivity contribution < 1.29 is 23.7 Å². The van der Waals surface area contributed by atoms with E-state index < -0.39 is 23.7 Å². The molecule has 0 bridgehead atoms. The number of amides is 1. The van der Waals surface area contributed by atoms with Crippen molar-refractivity contribution in [1.29, 1.82) is 0 Å². The molecule has 2 aromatic rings. The molecule has 3 fully saturated rings. The van der Waals surface area contributed by atoms with Crippen LogP contribution in [0.25, 0.3) is 0 Å². The molecule has 1 spiro atoms. The lowest BCUT2D eigenvalue weighted by Crippen LogP contribution is -2.68. The lowest BCUT2D eigenvalue weighted by Gasteiger charge is -2.43. The highest BCUT2D eigenvalue weighted by atomic mass is 32.1. The minimum Gasteiger partial charge on any atom is -0.365 e. The predicted molar refractivity (Wildman–Crippen MR) is 117 cm³/mol. The Morgan fingerprint density at radius 3 is 2.48 bits per heavy atom. The lowest BCUT2D eigenvalue weighted by atomic mass is 9.93. The van der Waals surface area contributed by atoms with E-state index in [1.54, 1.807) is 0 Å². The standard InChI is InChI=1S/C23H24N2O5S/c1-22(2)29-17-14-28-23(19(18(17)30-22)27-13-15-9-5-3-6-10-15)20(26)25(21(31)24-23)16-11-7-4-8-12-16/h3-12,17-19H,13-14H2,1-2H3,(H,24,31)/t17-,18-,19+,23-/m1/s1. The highest BCUT2D eigenvalue weighted by Gasteiger charge is 2.66. The summed E-state index contributed by atoms with van der Waals surface area (Å²) in [4.78, 5) is 15.2. The van der Waals surface area contributed by atoms with Crippen LogP contribution in [-0.2, 0) is 30.3 Å². The Hall–Kier alpha value is -2.36. The number of thiocarbonyl (C=S) groups is 1. The SMILES string of the molecule is CC1(C)O[C@@H]2[C@@H](CO[C@]3(NC(=S)N(c4ccccc4)C3=O)[C@H]2OCc2ccccc2)O1. The summed E-state index contributed by atoms with van der Waals surface area (Å²) in [5, 5.41) is 3.38. The molecule has 1 amide bonds. The normalized spacial score (nSPS) is 31.7. The van der Waals surface area contributed by atoms with E-state index in [0.717, 1.165) is 5.56 Å². The zero-order valence-electron chi connectivity index (χ0n) is 17.3. The number of carbonyl (C=O) groups is 1. The summed E-state index contributed by atoms with van der Waals surface area (Å²) < 4.78 is 24.6. The van der Waals surface area contributed by atoms with E-state index in [0.29, 0.717) is 5.69 Å². The quantitative estimate of drug-likeness (QED) is 0.733. The van der Waals surface area contributed by atoms with E-state index in [4.69, 9.17) is 31.2 Å². The van der Waals surface area contributed by atoms with Gasteiger partial charge in [-0.1, -0.05) is 48.5 Å². The Morgan fingerprint density at radius 1 is 1.10 bits per heavy atom. The molecule has 2 aromatic carbocycles. The summed E-state index contributed by atoms with van der Waals surface area (Å²) in [6, 6.07) is 19.0. The Bertz CT molecular complexity index is 986. The number of para-hydroxylation sites is 1. The maximum absolute atomic E-state index is 13.7. The number of nitrogens with one attached hydrogen (secondary N) is 1. The average molecular weight is 441 g/mol. The summed E-state index contributed by atoms with van der Waals surface area (Å²) in [6.45, 7) is 4.16. The highest BCUT2D eigenvalue weighted by Crippen LogP contribution is 2.42. The predicted octanol–water partition coefficient (Wildman–Crippen LogP) is 2.74. The second-order valence-electron chi connectivity index (χ2n) is 8.31. The molecule has 7 nitrogen and oxygen atoms in total. The number of ether oxygens (including phenoxy) is 4. The van der Waals surface area contributed by atoms with E-state index in [9.17, 15) is 4.79 Å². The summed E-state index contributed by atoms with van der Waals surface area (Å²) in [6.07, 6.45) is -1.62. The molecule has 0 saturated carbocycles. The maximum atomic E-state index is 13.7. The zero-order valence-corrected chi connectivity index (χ0v) is 18.1. The third kappa shape index (κ3) is 3.54. The number of benzene rings is 2. The Morgan fingerprint density at radius 2 is 1.77 bits per heavy atom. The van der Waals surface area contributed by atoms with Gasteiger partial charge in [0.15, 0.2) is 10.9 Å². The summed E-state index contributed by atoms with van der Waals surface area (Å²) in [5.41, 5.74) is 0.149. The van der Waals surface area contributed by atoms with Crippen LogP contribution in [0, 0.1) is 0 Å². The van der Waals surface area contributed by atoms with Crippen LogP contribution in [0.5, 0.6) is 0 Å². The van der Waals surface area contributed by atoms with Gasteiger partial charge in [0.1, 0.15) is 18.3 Å². The molecule has 5 rings (SSSR count). The molecular weight excluding hydrogens is 416 g/mol. The van der Waals surface area contributed by atoms with Crippen LogP contribution in [0.2, 0.25) is 0 Å². The molecule has 1 N–H and O–H groups in total. The summed E-state index contributed by atoms with van der Waals surface area (Å²) in [5.74, 6) is -1.13. The molecule has 3 heterocycles. The first-order valence-corrected chi connectivity index (χ1v) is 10.7. The number of anilines is 1. The third-order valence-corrected chi connectivity index (χ3v) is 5.98. The van der Waals surface area contributed by atoms with E-state index in [1.165, 1.54) is 4.90 Å². The van der Waals surface area contributed by atoms with Gasteiger partial charge in [0.2, 0.25) is 0 Å². The number of hydrogen-bond donors (Lipinski definition) is 1. The van der Waals surface area contributed by atoms with E-state index in [1.807, 2.05) is 74.5 Å². The largest absolute Gasteiger partial charge is 0.365 e.